The second kappa shape index (κ2) is 7.30. The van der Waals surface area contributed by atoms with E-state index in [1.54, 1.807) is 0 Å². The van der Waals surface area contributed by atoms with Crippen LogP contribution in [0.1, 0.15) is 63.0 Å². The first kappa shape index (κ1) is 16.2. The maximum Gasteiger partial charge on any atom is 0.0856 e. The number of ether oxygens (including phenoxy) is 1. The van der Waals surface area contributed by atoms with Crippen molar-refractivity contribution in [3.8, 4) is 12.3 Å². The van der Waals surface area contributed by atoms with Crippen LogP contribution in [0.4, 0.5) is 0 Å². The van der Waals surface area contributed by atoms with Crippen LogP contribution < -0.4 is 0 Å². The zero-order valence-electron chi connectivity index (χ0n) is 14.6. The van der Waals surface area contributed by atoms with Crippen molar-refractivity contribution >= 4 is 0 Å². The third kappa shape index (κ3) is 3.25. The maximum atomic E-state index is 6.79. The van der Waals surface area contributed by atoms with Crippen LogP contribution >= 0.6 is 0 Å². The fraction of sp³-hybridized carbons (Fsp3) is 0.636. The Bertz CT molecular complexity index is 557. The van der Waals surface area contributed by atoms with Gasteiger partial charge in [-0.2, -0.15) is 0 Å². The first-order valence-corrected chi connectivity index (χ1v) is 9.74. The first-order chi connectivity index (χ1) is 11.8. The Hall–Kier alpha value is -1.30. The van der Waals surface area contributed by atoms with E-state index in [0.29, 0.717) is 24.1 Å². The molecule has 1 aliphatic carbocycles. The summed E-state index contributed by atoms with van der Waals surface area (Å²) in [6, 6.07) is 12.2. The van der Waals surface area contributed by atoms with Gasteiger partial charge in [0.15, 0.2) is 0 Å². The molecule has 2 aliphatic heterocycles. The largest absolute Gasteiger partial charge is 0.370 e. The van der Waals surface area contributed by atoms with Crippen molar-refractivity contribution in [2.75, 3.05) is 6.54 Å². The Morgan fingerprint density at radius 3 is 2.33 bits per heavy atom. The van der Waals surface area contributed by atoms with Gasteiger partial charge in [-0.05, 0) is 50.0 Å². The van der Waals surface area contributed by atoms with Crippen LogP contribution in [-0.2, 0) is 4.74 Å². The van der Waals surface area contributed by atoms with Gasteiger partial charge in [-0.15, -0.1) is 6.42 Å². The lowest BCUT2D eigenvalue weighted by Crippen LogP contribution is -2.46. The van der Waals surface area contributed by atoms with Crippen LogP contribution in [0.15, 0.2) is 30.3 Å². The minimum absolute atomic E-state index is 0.289. The van der Waals surface area contributed by atoms with E-state index in [1.165, 1.54) is 44.1 Å². The number of rotatable bonds is 5. The summed E-state index contributed by atoms with van der Waals surface area (Å²) in [5.41, 5.74) is 1.38. The third-order valence-corrected chi connectivity index (χ3v) is 6.41. The zero-order chi connectivity index (χ0) is 16.4. The molecule has 0 radical (unpaired) electrons. The molecule has 3 fully saturated rings. The third-order valence-electron chi connectivity index (χ3n) is 6.41. The van der Waals surface area contributed by atoms with E-state index in [4.69, 9.17) is 11.2 Å². The van der Waals surface area contributed by atoms with E-state index < -0.39 is 0 Å². The molecule has 3 aliphatic rings. The van der Waals surface area contributed by atoms with Crippen LogP contribution in [0.3, 0.4) is 0 Å². The molecule has 0 amide bonds. The van der Waals surface area contributed by atoms with Crippen molar-refractivity contribution in [1.82, 2.24) is 4.90 Å². The van der Waals surface area contributed by atoms with Crippen LogP contribution in [0.25, 0.3) is 0 Å². The van der Waals surface area contributed by atoms with Gasteiger partial charge in [0.25, 0.3) is 0 Å². The molecule has 2 bridgehead atoms. The van der Waals surface area contributed by atoms with Gasteiger partial charge in [0.05, 0.1) is 18.8 Å². The Morgan fingerprint density at radius 1 is 1.04 bits per heavy atom. The van der Waals surface area contributed by atoms with Crippen molar-refractivity contribution in [3.63, 3.8) is 0 Å². The van der Waals surface area contributed by atoms with Crippen LogP contribution in [0.2, 0.25) is 0 Å². The molecular weight excluding hydrogens is 294 g/mol. The van der Waals surface area contributed by atoms with Gasteiger partial charge in [-0.3, -0.25) is 4.90 Å². The average Bonchev–Trinajstić information content (AvgIpc) is 3.21. The lowest BCUT2D eigenvalue weighted by Gasteiger charge is -2.40. The van der Waals surface area contributed by atoms with Crippen molar-refractivity contribution in [2.45, 2.75) is 75.7 Å². The lowest BCUT2D eigenvalue weighted by atomic mass is 9.92. The molecular formula is C22H29NO. The summed E-state index contributed by atoms with van der Waals surface area (Å²) >= 11 is 0. The van der Waals surface area contributed by atoms with Gasteiger partial charge in [0.1, 0.15) is 0 Å². The highest BCUT2D eigenvalue weighted by molar-refractivity contribution is 5.19. The van der Waals surface area contributed by atoms with E-state index in [1.807, 2.05) is 0 Å². The molecule has 0 aromatic heterocycles. The van der Waals surface area contributed by atoms with E-state index in [2.05, 4.69) is 41.2 Å². The summed E-state index contributed by atoms with van der Waals surface area (Å²) in [6.45, 7) is 0.812. The highest BCUT2D eigenvalue weighted by Crippen LogP contribution is 2.43. The predicted molar refractivity (Wildman–Crippen MR) is 97.6 cm³/mol. The predicted octanol–water partition coefficient (Wildman–Crippen LogP) is 4.56. The monoisotopic (exact) mass is 323 g/mol. The van der Waals surface area contributed by atoms with Gasteiger partial charge in [-0.1, -0.05) is 49.1 Å². The van der Waals surface area contributed by atoms with Crippen LogP contribution in [-0.4, -0.2) is 29.6 Å². The molecule has 1 aromatic rings. The highest BCUT2D eigenvalue weighted by atomic mass is 16.5. The van der Waals surface area contributed by atoms with Gasteiger partial charge in [-0.25, -0.2) is 0 Å². The Labute approximate surface area is 146 Å². The fourth-order valence-electron chi connectivity index (χ4n) is 5.27. The van der Waals surface area contributed by atoms with Gasteiger partial charge >= 0.3 is 0 Å². The maximum absolute atomic E-state index is 6.79. The van der Waals surface area contributed by atoms with Crippen molar-refractivity contribution in [3.05, 3.63) is 35.9 Å². The first-order valence-electron chi connectivity index (χ1n) is 9.74. The number of fused-ring (bicyclic) bond motifs is 2. The molecule has 2 unspecified atom stereocenters. The van der Waals surface area contributed by atoms with Crippen molar-refractivity contribution in [2.24, 2.45) is 5.92 Å². The summed E-state index contributed by atoms with van der Waals surface area (Å²) < 4.78 is 6.79. The SMILES string of the molecule is C#CCN1[C@@H]2CC[C@H]1CC(OC(c1ccccc1)C1CCCC1)C2. The van der Waals surface area contributed by atoms with Crippen LogP contribution in [0, 0.1) is 18.3 Å². The molecule has 4 atom stereocenters. The van der Waals surface area contributed by atoms with Crippen molar-refractivity contribution in [1.29, 1.82) is 0 Å². The quantitative estimate of drug-likeness (QED) is 0.736. The Balaban J connectivity index is 1.47. The smallest absolute Gasteiger partial charge is 0.0856 e. The van der Waals surface area contributed by atoms with Gasteiger partial charge in [0, 0.05) is 12.1 Å². The molecule has 0 spiro atoms. The highest BCUT2D eigenvalue weighted by Gasteiger charge is 2.42. The summed E-state index contributed by atoms with van der Waals surface area (Å²) in [5, 5.41) is 0. The molecule has 24 heavy (non-hydrogen) atoms. The lowest BCUT2D eigenvalue weighted by molar-refractivity contribution is -0.0811. The molecule has 2 heteroatoms. The second-order valence-corrected chi connectivity index (χ2v) is 7.87. The summed E-state index contributed by atoms with van der Waals surface area (Å²) in [7, 11) is 0. The molecule has 1 saturated carbocycles. The number of terminal acetylenes is 1. The number of piperidine rings is 1. The number of hydrogen-bond acceptors (Lipinski definition) is 2. The fourth-order valence-corrected chi connectivity index (χ4v) is 5.27. The minimum Gasteiger partial charge on any atom is -0.370 e. The minimum atomic E-state index is 0.289. The standard InChI is InChI=1S/C22H29NO/c1-2-14-23-19-12-13-20(23)16-21(15-19)24-22(18-10-6-7-11-18)17-8-4-3-5-9-17/h1,3-5,8-9,18-22H,6-7,10-16H2/t19-,20+,21?,22?. The molecule has 2 nitrogen and oxygen atoms in total. The normalized spacial score (nSPS) is 31.9. The summed E-state index contributed by atoms with van der Waals surface area (Å²) in [6.07, 6.45) is 16.5. The molecule has 1 aromatic carbocycles. The van der Waals surface area contributed by atoms with Gasteiger partial charge < -0.3 is 4.74 Å². The number of nitrogens with zero attached hydrogens (tertiary/aromatic N) is 1. The second-order valence-electron chi connectivity index (χ2n) is 7.87. The molecule has 2 saturated heterocycles. The molecule has 2 heterocycles. The average molecular weight is 323 g/mol. The van der Waals surface area contributed by atoms with E-state index >= 15 is 0 Å². The van der Waals surface area contributed by atoms with E-state index in [0.717, 1.165) is 19.4 Å². The van der Waals surface area contributed by atoms with Crippen molar-refractivity contribution < 1.29 is 4.74 Å². The number of hydrogen-bond donors (Lipinski definition) is 0. The summed E-state index contributed by atoms with van der Waals surface area (Å²) in [4.78, 5) is 2.55. The number of benzene rings is 1. The van der Waals surface area contributed by atoms with E-state index in [9.17, 15) is 0 Å². The summed E-state index contributed by atoms with van der Waals surface area (Å²) in [5.74, 6) is 3.55. The molecule has 4 rings (SSSR count). The zero-order valence-corrected chi connectivity index (χ0v) is 14.6. The topological polar surface area (TPSA) is 12.5 Å². The van der Waals surface area contributed by atoms with Crippen LogP contribution in [0.5, 0.6) is 0 Å². The van der Waals surface area contributed by atoms with Gasteiger partial charge in [0.2, 0.25) is 0 Å². The Morgan fingerprint density at radius 2 is 1.71 bits per heavy atom. The molecule has 128 valence electrons. The Kier molecular flexibility index (Phi) is 4.92. The molecule has 0 N–H and O–H groups in total. The van der Waals surface area contributed by atoms with E-state index in [-0.39, 0.29) is 6.10 Å².